The summed E-state index contributed by atoms with van der Waals surface area (Å²) >= 11 is 0. The summed E-state index contributed by atoms with van der Waals surface area (Å²) < 4.78 is 37.9. The van der Waals surface area contributed by atoms with Crippen LogP contribution in [0.2, 0.25) is 0 Å². The summed E-state index contributed by atoms with van der Waals surface area (Å²) in [5, 5.41) is 3.08. The molecular formula is C28H46N2O13. The van der Waals surface area contributed by atoms with Crippen molar-refractivity contribution in [3.05, 3.63) is 0 Å². The number of esters is 6. The van der Waals surface area contributed by atoms with Gasteiger partial charge in [-0.2, -0.15) is 0 Å². The van der Waals surface area contributed by atoms with Crippen LogP contribution in [0.1, 0.15) is 69.2 Å². The van der Waals surface area contributed by atoms with Crippen LogP contribution in [0.4, 0.5) is 0 Å². The molecule has 43 heavy (non-hydrogen) atoms. The van der Waals surface area contributed by atoms with E-state index >= 15 is 0 Å². The third-order valence-electron chi connectivity index (χ3n) is 5.28. The third kappa shape index (κ3) is 15.7. The first kappa shape index (κ1) is 37.7. The Hall–Kier alpha value is -3.30. The van der Waals surface area contributed by atoms with Crippen LogP contribution in [0.15, 0.2) is 0 Å². The molecule has 3 unspecified atom stereocenters. The lowest BCUT2D eigenvalue weighted by Crippen LogP contribution is -2.64. The molecule has 1 rings (SSSR count). The standard InChI is InChI=1S/C28H46N2O13/c1-16(31)37-23-20(41-26(40-19(4)34)25(39-18(3)33)24(23)38-17(2)32)13-29-11-12-30(14-21(35)42-27(5,6)7)15-22(36)43-28(8,9)10/h20,23-26,29H,11-15H2,1-10H3/t20?,23-,24+,25?,26?/m1/s1. The fourth-order valence-electron chi connectivity index (χ4n) is 4.09. The first-order valence-corrected chi connectivity index (χ1v) is 13.9. The molecule has 0 spiro atoms. The third-order valence-corrected chi connectivity index (χ3v) is 5.28. The number of hydrogen-bond donors (Lipinski definition) is 1. The fourth-order valence-corrected chi connectivity index (χ4v) is 4.09. The van der Waals surface area contributed by atoms with E-state index < -0.39 is 77.7 Å². The summed E-state index contributed by atoms with van der Waals surface area (Å²) in [6, 6.07) is 0. The smallest absolute Gasteiger partial charge is 0.320 e. The van der Waals surface area contributed by atoms with Crippen molar-refractivity contribution >= 4 is 35.8 Å². The van der Waals surface area contributed by atoms with Crippen LogP contribution in [0.25, 0.3) is 0 Å². The van der Waals surface area contributed by atoms with Gasteiger partial charge >= 0.3 is 35.8 Å². The zero-order valence-electron chi connectivity index (χ0n) is 26.7. The molecule has 1 N–H and O–H groups in total. The number of carbonyl (C=O) groups excluding carboxylic acids is 6. The molecule has 1 aliphatic rings. The van der Waals surface area contributed by atoms with Crippen molar-refractivity contribution in [2.24, 2.45) is 0 Å². The van der Waals surface area contributed by atoms with Gasteiger partial charge in [-0.15, -0.1) is 0 Å². The van der Waals surface area contributed by atoms with Crippen LogP contribution < -0.4 is 5.32 Å². The quantitative estimate of drug-likeness (QED) is 0.172. The zero-order chi connectivity index (χ0) is 33.1. The molecule has 0 radical (unpaired) electrons. The highest BCUT2D eigenvalue weighted by atomic mass is 16.7. The van der Waals surface area contributed by atoms with Crippen LogP contribution in [-0.2, 0) is 61.9 Å². The van der Waals surface area contributed by atoms with Gasteiger partial charge in [0.15, 0.2) is 12.2 Å². The number of nitrogens with one attached hydrogen (secondary N) is 1. The van der Waals surface area contributed by atoms with E-state index in [9.17, 15) is 28.8 Å². The molecule has 1 saturated heterocycles. The molecule has 0 amide bonds. The summed E-state index contributed by atoms with van der Waals surface area (Å²) in [7, 11) is 0. The second-order valence-corrected chi connectivity index (χ2v) is 12.0. The molecule has 1 fully saturated rings. The maximum absolute atomic E-state index is 12.5. The highest BCUT2D eigenvalue weighted by Gasteiger charge is 2.53. The highest BCUT2D eigenvalue weighted by molar-refractivity contribution is 5.75. The molecule has 0 aromatic rings. The van der Waals surface area contributed by atoms with Crippen LogP contribution in [-0.4, -0.2) is 115 Å². The van der Waals surface area contributed by atoms with E-state index in [4.69, 9.17) is 33.2 Å². The Bertz CT molecular complexity index is 972. The summed E-state index contributed by atoms with van der Waals surface area (Å²) in [5.74, 6) is -4.12. The van der Waals surface area contributed by atoms with E-state index in [1.165, 1.54) is 0 Å². The Balaban J connectivity index is 3.11. The van der Waals surface area contributed by atoms with E-state index in [0.717, 1.165) is 27.7 Å². The summed E-state index contributed by atoms with van der Waals surface area (Å²) in [4.78, 5) is 74.1. The van der Waals surface area contributed by atoms with E-state index in [1.807, 2.05) is 0 Å². The number of carbonyl (C=O) groups is 6. The first-order valence-electron chi connectivity index (χ1n) is 13.9. The minimum atomic E-state index is -1.49. The fraction of sp³-hybridized carbons (Fsp3) is 0.786. The maximum Gasteiger partial charge on any atom is 0.320 e. The molecule has 15 heteroatoms. The van der Waals surface area contributed by atoms with Crippen molar-refractivity contribution in [2.45, 2.75) is 111 Å². The molecular weight excluding hydrogens is 572 g/mol. The molecule has 0 saturated carbocycles. The SMILES string of the molecule is CC(=O)OC1OC(CNCCN(CC(=O)OC(C)(C)C)CC(=O)OC(C)(C)C)[C@@H](OC(C)=O)[C@H](OC(C)=O)C1OC(C)=O. The van der Waals surface area contributed by atoms with E-state index in [2.05, 4.69) is 5.32 Å². The molecule has 1 aliphatic heterocycles. The van der Waals surface area contributed by atoms with Crippen LogP contribution in [0.5, 0.6) is 0 Å². The number of rotatable bonds is 13. The van der Waals surface area contributed by atoms with Crippen LogP contribution in [0, 0.1) is 0 Å². The predicted molar refractivity (Wildman–Crippen MR) is 148 cm³/mol. The average Bonchev–Trinajstić information content (AvgIpc) is 2.77. The van der Waals surface area contributed by atoms with Gasteiger partial charge < -0.3 is 38.5 Å². The molecule has 246 valence electrons. The number of hydrogen-bond acceptors (Lipinski definition) is 15. The normalized spacial score (nSPS) is 22.3. The summed E-state index contributed by atoms with van der Waals surface area (Å²) in [5.41, 5.74) is -1.45. The van der Waals surface area contributed by atoms with Crippen molar-refractivity contribution in [1.82, 2.24) is 10.2 Å². The van der Waals surface area contributed by atoms with Gasteiger partial charge in [-0.25, -0.2) is 0 Å². The summed E-state index contributed by atoms with van der Waals surface area (Å²) in [6.45, 7) is 14.8. The lowest BCUT2D eigenvalue weighted by atomic mass is 9.97. The predicted octanol–water partition coefficient (Wildman–Crippen LogP) is 0.645. The van der Waals surface area contributed by atoms with Gasteiger partial charge in [-0.1, -0.05) is 0 Å². The topological polar surface area (TPSA) is 182 Å². The second kappa shape index (κ2) is 16.5. The van der Waals surface area contributed by atoms with E-state index in [0.29, 0.717) is 0 Å². The van der Waals surface area contributed by atoms with Crippen molar-refractivity contribution in [3.63, 3.8) is 0 Å². The number of nitrogens with zero attached hydrogens (tertiary/aromatic N) is 1. The van der Waals surface area contributed by atoms with Crippen molar-refractivity contribution in [1.29, 1.82) is 0 Å². The Labute approximate surface area is 252 Å². The Morgan fingerprint density at radius 1 is 0.651 bits per heavy atom. The molecule has 0 aromatic carbocycles. The van der Waals surface area contributed by atoms with Crippen LogP contribution in [0.3, 0.4) is 0 Å². The molecule has 0 aliphatic carbocycles. The molecule has 5 atom stereocenters. The van der Waals surface area contributed by atoms with Crippen molar-refractivity contribution in [3.8, 4) is 0 Å². The van der Waals surface area contributed by atoms with Gasteiger partial charge in [0.1, 0.15) is 17.3 Å². The second-order valence-electron chi connectivity index (χ2n) is 12.0. The van der Waals surface area contributed by atoms with E-state index in [-0.39, 0.29) is 32.7 Å². The average molecular weight is 619 g/mol. The largest absolute Gasteiger partial charge is 0.459 e. The first-order chi connectivity index (χ1) is 19.7. The van der Waals surface area contributed by atoms with Gasteiger partial charge in [-0.3, -0.25) is 33.7 Å². The molecule has 15 nitrogen and oxygen atoms in total. The Morgan fingerprint density at radius 3 is 1.49 bits per heavy atom. The molecule has 1 heterocycles. The lowest BCUT2D eigenvalue weighted by molar-refractivity contribution is -0.294. The van der Waals surface area contributed by atoms with E-state index in [1.54, 1.807) is 46.4 Å². The molecule has 0 bridgehead atoms. The van der Waals surface area contributed by atoms with Gasteiger partial charge in [-0.05, 0) is 41.5 Å². The van der Waals surface area contributed by atoms with Crippen LogP contribution >= 0.6 is 0 Å². The lowest BCUT2D eigenvalue weighted by Gasteiger charge is -2.44. The van der Waals surface area contributed by atoms with Crippen molar-refractivity contribution in [2.75, 3.05) is 32.7 Å². The van der Waals surface area contributed by atoms with Gasteiger partial charge in [0.05, 0.1) is 13.1 Å². The molecule has 0 aromatic heterocycles. The van der Waals surface area contributed by atoms with Gasteiger partial charge in [0.2, 0.25) is 12.4 Å². The number of ether oxygens (including phenoxy) is 7. The monoisotopic (exact) mass is 618 g/mol. The zero-order valence-corrected chi connectivity index (χ0v) is 26.7. The highest BCUT2D eigenvalue weighted by Crippen LogP contribution is 2.29. The minimum Gasteiger partial charge on any atom is -0.459 e. The van der Waals surface area contributed by atoms with Gasteiger partial charge in [0.25, 0.3) is 0 Å². The Kier molecular flexibility index (Phi) is 14.5. The summed E-state index contributed by atoms with van der Waals surface area (Å²) in [6.07, 6.45) is -6.59. The van der Waals surface area contributed by atoms with Crippen molar-refractivity contribution < 1.29 is 61.9 Å². The minimum absolute atomic E-state index is 0.0347. The maximum atomic E-state index is 12.5. The Morgan fingerprint density at radius 2 is 1.07 bits per heavy atom. The van der Waals surface area contributed by atoms with Gasteiger partial charge in [0, 0.05) is 47.3 Å².